The van der Waals surface area contributed by atoms with Crippen molar-refractivity contribution in [2.24, 2.45) is 33.8 Å². The molecule has 0 aliphatic rings. The number of aliphatic imine (C=N–C) groups is 1. The lowest BCUT2D eigenvalue weighted by atomic mass is 9.96. The first-order chi connectivity index (χ1) is 34.4. The fourth-order valence-electron chi connectivity index (χ4n) is 7.18. The van der Waals surface area contributed by atoms with E-state index in [0.717, 1.165) is 10.9 Å². The van der Waals surface area contributed by atoms with Gasteiger partial charge in [0.1, 0.15) is 42.3 Å². The van der Waals surface area contributed by atoms with Gasteiger partial charge in [-0.05, 0) is 76.0 Å². The number of nitrogens with one attached hydrogen (secondary N) is 8. The maximum Gasteiger partial charge on any atom is 0.326 e. The molecule has 0 aliphatic heterocycles. The number of aromatic amines is 1. The highest BCUT2D eigenvalue weighted by molar-refractivity contribution is 5.98. The fourth-order valence-corrected chi connectivity index (χ4v) is 7.18. The molecule has 0 saturated heterocycles. The minimum atomic E-state index is -1.82. The molecule has 0 saturated carbocycles. The Balaban J connectivity index is 2.34. The van der Waals surface area contributed by atoms with Crippen molar-refractivity contribution in [3.05, 3.63) is 36.0 Å². The second kappa shape index (κ2) is 30.8. The summed E-state index contributed by atoms with van der Waals surface area (Å²) in [5.41, 5.74) is 24.1. The second-order valence-electron chi connectivity index (χ2n) is 17.3. The van der Waals surface area contributed by atoms with E-state index in [4.69, 9.17) is 28.0 Å². The zero-order valence-electron chi connectivity index (χ0n) is 40.8. The Labute approximate surface area is 419 Å². The molecule has 0 unspecified atom stereocenters. The monoisotopic (exact) mass is 1030 g/mol. The molecule has 1 aromatic carbocycles. The van der Waals surface area contributed by atoms with Gasteiger partial charge in [-0.2, -0.15) is 0 Å². The van der Waals surface area contributed by atoms with Gasteiger partial charge >= 0.3 is 23.9 Å². The Kier molecular flexibility index (Phi) is 25.8. The van der Waals surface area contributed by atoms with Crippen LogP contribution in [0.4, 0.5) is 0 Å². The van der Waals surface area contributed by atoms with Crippen LogP contribution >= 0.6 is 0 Å². The quantitative estimate of drug-likeness (QED) is 0.0184. The van der Waals surface area contributed by atoms with Crippen molar-refractivity contribution in [3.63, 3.8) is 0 Å². The largest absolute Gasteiger partial charge is 0.481 e. The van der Waals surface area contributed by atoms with Gasteiger partial charge in [0.15, 0.2) is 5.96 Å². The predicted octanol–water partition coefficient (Wildman–Crippen LogP) is -3.42. The Morgan fingerprint density at radius 3 is 1.71 bits per heavy atom. The first-order valence-corrected chi connectivity index (χ1v) is 23.5. The van der Waals surface area contributed by atoms with Crippen molar-refractivity contribution >= 4 is 82.1 Å². The molecular weight excluding hydrogens is 963 g/mol. The Bertz CT molecular complexity index is 2300. The number of fused-ring (bicyclic) bond motifs is 1. The Hall–Kier alpha value is -7.88. The van der Waals surface area contributed by atoms with E-state index >= 15 is 0 Å². The molecule has 0 radical (unpaired) electrons. The molecule has 0 fully saturated rings. The highest BCUT2D eigenvalue weighted by Gasteiger charge is 2.35. The molecule has 9 atom stereocenters. The number of carboxylic acid groups (broad SMARTS) is 4. The molecule has 7 amide bonds. The number of benzene rings is 1. The zero-order valence-corrected chi connectivity index (χ0v) is 40.8. The van der Waals surface area contributed by atoms with Crippen molar-refractivity contribution in [1.82, 2.24) is 42.2 Å². The third-order valence-electron chi connectivity index (χ3n) is 11.4. The number of rotatable bonds is 34. The van der Waals surface area contributed by atoms with Crippen LogP contribution in [0.3, 0.4) is 0 Å². The lowest BCUT2D eigenvalue weighted by molar-refractivity contribution is -0.147. The summed E-state index contributed by atoms with van der Waals surface area (Å²) in [4.78, 5) is 149. The van der Waals surface area contributed by atoms with E-state index in [-0.39, 0.29) is 44.7 Å². The van der Waals surface area contributed by atoms with Gasteiger partial charge in [0.05, 0.1) is 18.9 Å². The average Bonchev–Trinajstić information content (AvgIpc) is 3.73. The smallest absolute Gasteiger partial charge is 0.326 e. The summed E-state index contributed by atoms with van der Waals surface area (Å²) in [6.07, 6.45) is -0.816. The number of carboxylic acids is 4. The fraction of sp³-hybridized carbons (Fsp3) is 0.556. The summed E-state index contributed by atoms with van der Waals surface area (Å²) < 4.78 is 0. The topological polar surface area (TPSA) is 485 Å². The summed E-state index contributed by atoms with van der Waals surface area (Å²) in [7, 11) is 0. The van der Waals surface area contributed by atoms with Crippen molar-refractivity contribution in [2.45, 2.75) is 140 Å². The molecule has 20 N–H and O–H groups in total. The number of carbonyl (C=O) groups excluding carboxylic acids is 7. The van der Waals surface area contributed by atoms with Crippen LogP contribution in [0, 0.1) is 5.92 Å². The molecule has 404 valence electrons. The highest BCUT2D eigenvalue weighted by atomic mass is 16.4. The number of aliphatic carboxylic acids is 4. The third-order valence-corrected chi connectivity index (χ3v) is 11.4. The molecule has 2 rings (SSSR count). The van der Waals surface area contributed by atoms with E-state index in [9.17, 15) is 68.1 Å². The van der Waals surface area contributed by atoms with Gasteiger partial charge in [0.25, 0.3) is 0 Å². The van der Waals surface area contributed by atoms with Crippen LogP contribution in [-0.2, 0) is 59.2 Å². The molecule has 0 spiro atoms. The van der Waals surface area contributed by atoms with E-state index in [1.807, 2.05) is 0 Å². The molecule has 1 heterocycles. The summed E-state index contributed by atoms with van der Waals surface area (Å²) in [6, 6.07) is -5.20. The number of hydrogen-bond acceptors (Lipinski definition) is 14. The minimum Gasteiger partial charge on any atom is -0.481 e. The van der Waals surface area contributed by atoms with E-state index < -0.39 is 145 Å². The summed E-state index contributed by atoms with van der Waals surface area (Å²) >= 11 is 0. The maximum atomic E-state index is 13.9. The standard InChI is InChI=1S/C45H69N13O15/c1-4-22(2)36(43(71)57-32(44(72)73)20-35(63)64)58-41(69)28(12-7-8-16-46)53-37(65)23(3)52-39(67)29(13-9-17-50-45(48)49)54-40(68)30(14-15-33(59)60)55-42(70)31(19-34(61)62)56-38(66)26(47)18-24-21-51-27-11-6-5-10-25(24)27/h5-6,10-11,21-23,26,28-32,36,51H,4,7-9,12-20,46-47H2,1-3H3,(H,52,67)(H,53,65)(H,54,68)(H,55,70)(H,56,66)(H,57,71)(H,58,69)(H,59,60)(H,61,62)(H,63,64)(H,72,73)(H4,48,49,50)/t22-,23-,26-,28-,29-,30-,31-,32-,36-/m0/s1. The molecular formula is C45H69N13O15. The average molecular weight is 1030 g/mol. The molecule has 1 aromatic heterocycles. The number of nitrogens with zero attached hydrogens (tertiary/aromatic N) is 1. The van der Waals surface area contributed by atoms with Crippen LogP contribution in [0.2, 0.25) is 0 Å². The molecule has 0 bridgehead atoms. The molecule has 28 heteroatoms. The number of aromatic nitrogens is 1. The number of unbranched alkanes of at least 4 members (excludes halogenated alkanes) is 1. The van der Waals surface area contributed by atoms with E-state index in [2.05, 4.69) is 47.2 Å². The molecule has 28 nitrogen and oxygen atoms in total. The van der Waals surface area contributed by atoms with Gasteiger partial charge in [0.2, 0.25) is 41.4 Å². The number of nitrogens with two attached hydrogens (primary N) is 4. The summed E-state index contributed by atoms with van der Waals surface area (Å²) in [5, 5.41) is 55.1. The summed E-state index contributed by atoms with van der Waals surface area (Å²) in [5.74, 6) is -14.0. The van der Waals surface area contributed by atoms with Crippen LogP contribution < -0.4 is 60.2 Å². The number of hydrogen-bond donors (Lipinski definition) is 16. The number of carbonyl (C=O) groups is 11. The molecule has 2 aromatic rings. The van der Waals surface area contributed by atoms with Crippen LogP contribution in [0.15, 0.2) is 35.5 Å². The minimum absolute atomic E-state index is 0.0197. The highest BCUT2D eigenvalue weighted by Crippen LogP contribution is 2.19. The van der Waals surface area contributed by atoms with E-state index in [0.29, 0.717) is 24.8 Å². The van der Waals surface area contributed by atoms with Gasteiger partial charge in [-0.3, -0.25) is 52.9 Å². The lowest BCUT2D eigenvalue weighted by Gasteiger charge is -2.28. The van der Waals surface area contributed by atoms with Crippen LogP contribution in [0.1, 0.15) is 90.5 Å². The predicted molar refractivity (Wildman–Crippen MR) is 260 cm³/mol. The maximum absolute atomic E-state index is 13.9. The van der Waals surface area contributed by atoms with Crippen LogP contribution in [-0.4, -0.2) is 158 Å². The van der Waals surface area contributed by atoms with Gasteiger partial charge in [-0.15, -0.1) is 0 Å². The van der Waals surface area contributed by atoms with Gasteiger partial charge < -0.3 is 85.6 Å². The lowest BCUT2D eigenvalue weighted by Crippen LogP contribution is -2.60. The van der Waals surface area contributed by atoms with Gasteiger partial charge in [-0.25, -0.2) is 4.79 Å². The van der Waals surface area contributed by atoms with Crippen molar-refractivity contribution < 1.29 is 73.2 Å². The number of H-pyrrole nitrogens is 1. The van der Waals surface area contributed by atoms with Crippen LogP contribution in [0.5, 0.6) is 0 Å². The van der Waals surface area contributed by atoms with Crippen molar-refractivity contribution in [3.8, 4) is 0 Å². The summed E-state index contributed by atoms with van der Waals surface area (Å²) in [6.45, 7) is 4.66. The Morgan fingerprint density at radius 1 is 0.616 bits per heavy atom. The number of amides is 7. The van der Waals surface area contributed by atoms with Crippen LogP contribution in [0.25, 0.3) is 10.9 Å². The van der Waals surface area contributed by atoms with Crippen molar-refractivity contribution in [1.29, 1.82) is 0 Å². The first-order valence-electron chi connectivity index (χ1n) is 23.5. The molecule has 73 heavy (non-hydrogen) atoms. The molecule has 0 aliphatic carbocycles. The Morgan fingerprint density at radius 2 is 1.14 bits per heavy atom. The number of guanidine groups is 1. The van der Waals surface area contributed by atoms with E-state index in [1.165, 1.54) is 6.92 Å². The van der Waals surface area contributed by atoms with Gasteiger partial charge in [-0.1, -0.05) is 38.5 Å². The SMILES string of the molecule is CC[C@H](C)[C@H](NC(=O)[C@H](CCCCN)NC(=O)[C@H](C)NC(=O)[C@H](CCCN=C(N)N)NC(=O)[C@H](CCC(=O)O)NC(=O)[C@H](CC(=O)O)NC(=O)[C@@H](N)Cc1c[nH]c2ccccc12)C(=O)N[C@@H](CC(=O)O)C(=O)O. The first kappa shape index (κ1) is 61.2. The third kappa shape index (κ3) is 21.6. The van der Waals surface area contributed by atoms with Crippen molar-refractivity contribution in [2.75, 3.05) is 13.1 Å². The van der Waals surface area contributed by atoms with E-state index in [1.54, 1.807) is 44.3 Å². The number of para-hydroxylation sites is 1. The van der Waals surface area contributed by atoms with Gasteiger partial charge in [0, 0.05) is 30.1 Å². The normalized spacial score (nSPS) is 14.7. The second-order valence-corrected chi connectivity index (χ2v) is 17.3. The zero-order chi connectivity index (χ0) is 54.9.